The van der Waals surface area contributed by atoms with E-state index >= 15 is 0 Å². The van der Waals surface area contributed by atoms with Crippen LogP contribution in [0.4, 0.5) is 5.69 Å². The number of esters is 1. The van der Waals surface area contributed by atoms with Gasteiger partial charge >= 0.3 is 11.5 Å². The molecule has 1 saturated heterocycles. The summed E-state index contributed by atoms with van der Waals surface area (Å²) in [6, 6.07) is 10.9. The van der Waals surface area contributed by atoms with E-state index in [1.165, 1.54) is 18.4 Å². The minimum absolute atomic E-state index is 0.0660. The van der Waals surface area contributed by atoms with Gasteiger partial charge < -0.3 is 19.1 Å². The van der Waals surface area contributed by atoms with Crippen LogP contribution >= 0.6 is 0 Å². The summed E-state index contributed by atoms with van der Waals surface area (Å²) in [5.74, 6) is -1.33. The largest absolute Gasteiger partial charge is 0.481 e. The normalized spacial score (nSPS) is 13.8. The molecule has 1 aromatic carbocycles. The van der Waals surface area contributed by atoms with Gasteiger partial charge in [-0.1, -0.05) is 30.3 Å². The van der Waals surface area contributed by atoms with Crippen molar-refractivity contribution in [2.75, 3.05) is 38.3 Å². The Morgan fingerprint density at radius 2 is 1.88 bits per heavy atom. The van der Waals surface area contributed by atoms with E-state index in [9.17, 15) is 14.4 Å². The smallest absolute Gasteiger partial charge is 0.360 e. The fourth-order valence-corrected chi connectivity index (χ4v) is 3.56. The van der Waals surface area contributed by atoms with Crippen molar-refractivity contribution in [3.8, 4) is 5.75 Å². The summed E-state index contributed by atoms with van der Waals surface area (Å²) in [7, 11) is 1.19. The average Bonchev–Trinajstić information content (AvgIpc) is 2.83. The maximum absolute atomic E-state index is 13.4. The topological polar surface area (TPSA) is 99.4 Å². The standard InChI is InChI=1S/C23H23N3O6/c1-15(27)18-12-17(25-8-10-31-11-9-25)13-26-21(18)24-19(23(29)30-2)20(22(26)28)32-14-16-6-4-3-5-7-16/h3-7,12-13H,8-11,14H2,1-2H3. The Balaban J connectivity index is 1.88. The number of pyridine rings is 1. The number of methoxy groups -OCH3 is 1. The Morgan fingerprint density at radius 1 is 1.16 bits per heavy atom. The zero-order chi connectivity index (χ0) is 22.7. The average molecular weight is 437 g/mol. The Kier molecular flexibility index (Phi) is 6.18. The summed E-state index contributed by atoms with van der Waals surface area (Å²) in [5, 5.41) is 0. The lowest BCUT2D eigenvalue weighted by Gasteiger charge is -2.29. The number of hydrogen-bond acceptors (Lipinski definition) is 8. The minimum Gasteiger partial charge on any atom is -0.481 e. The van der Waals surface area contributed by atoms with Crippen LogP contribution in [0.15, 0.2) is 47.4 Å². The van der Waals surface area contributed by atoms with Crippen LogP contribution < -0.4 is 15.2 Å². The number of hydrogen-bond donors (Lipinski definition) is 0. The van der Waals surface area contributed by atoms with E-state index in [4.69, 9.17) is 14.2 Å². The molecule has 1 aliphatic heterocycles. The Labute approximate surface area is 184 Å². The highest BCUT2D eigenvalue weighted by molar-refractivity contribution is 6.01. The summed E-state index contributed by atoms with van der Waals surface area (Å²) in [6.45, 7) is 3.81. The van der Waals surface area contributed by atoms with Gasteiger partial charge in [0.2, 0.25) is 5.75 Å². The second-order valence-electron chi connectivity index (χ2n) is 7.32. The number of carbonyl (C=O) groups is 2. The van der Waals surface area contributed by atoms with Gasteiger partial charge in [0.1, 0.15) is 6.61 Å². The number of Topliss-reactive ketones (excluding diaryl/α,β-unsaturated/α-hetero) is 1. The summed E-state index contributed by atoms with van der Waals surface area (Å²) >= 11 is 0. The Hall–Kier alpha value is -3.72. The van der Waals surface area contributed by atoms with E-state index in [0.29, 0.717) is 32.0 Å². The molecule has 4 rings (SSSR count). The number of morpholine rings is 1. The van der Waals surface area contributed by atoms with E-state index in [0.717, 1.165) is 5.56 Å². The van der Waals surface area contributed by atoms with Gasteiger partial charge in [-0.15, -0.1) is 0 Å². The van der Waals surface area contributed by atoms with Crippen molar-refractivity contribution in [3.05, 3.63) is 69.8 Å². The van der Waals surface area contributed by atoms with Gasteiger partial charge in [0.25, 0.3) is 0 Å². The third-order valence-corrected chi connectivity index (χ3v) is 5.23. The molecule has 2 aromatic heterocycles. The van der Waals surface area contributed by atoms with Crippen molar-refractivity contribution in [2.45, 2.75) is 13.5 Å². The maximum atomic E-state index is 13.4. The van der Waals surface area contributed by atoms with Crippen molar-refractivity contribution >= 4 is 23.1 Å². The Bertz CT molecular complexity index is 1220. The number of anilines is 1. The van der Waals surface area contributed by atoms with E-state index in [2.05, 4.69) is 4.98 Å². The molecular weight excluding hydrogens is 414 g/mol. The second kappa shape index (κ2) is 9.19. The fourth-order valence-electron chi connectivity index (χ4n) is 3.56. The molecule has 32 heavy (non-hydrogen) atoms. The first-order valence-electron chi connectivity index (χ1n) is 10.2. The molecule has 0 unspecified atom stereocenters. The first kappa shape index (κ1) is 21.5. The van der Waals surface area contributed by atoms with E-state index < -0.39 is 11.5 Å². The van der Waals surface area contributed by atoms with Crippen LogP contribution in [0, 0.1) is 0 Å². The third-order valence-electron chi connectivity index (χ3n) is 5.23. The number of aromatic nitrogens is 2. The number of rotatable bonds is 6. The predicted molar refractivity (Wildman–Crippen MR) is 117 cm³/mol. The van der Waals surface area contributed by atoms with Crippen LogP contribution in [-0.2, 0) is 16.1 Å². The molecule has 0 aliphatic carbocycles. The molecule has 166 valence electrons. The highest BCUT2D eigenvalue weighted by Crippen LogP contribution is 2.23. The first-order valence-corrected chi connectivity index (χ1v) is 10.2. The molecule has 0 radical (unpaired) electrons. The van der Waals surface area contributed by atoms with Gasteiger partial charge in [-0.05, 0) is 18.6 Å². The lowest BCUT2D eigenvalue weighted by molar-refractivity contribution is 0.0587. The summed E-state index contributed by atoms with van der Waals surface area (Å²) < 4.78 is 17.2. The Morgan fingerprint density at radius 3 is 2.53 bits per heavy atom. The molecule has 0 bridgehead atoms. The molecule has 1 fully saturated rings. The highest BCUT2D eigenvalue weighted by atomic mass is 16.5. The molecule has 9 nitrogen and oxygen atoms in total. The molecular formula is C23H23N3O6. The van der Waals surface area contributed by atoms with Crippen LogP contribution in [0.2, 0.25) is 0 Å². The van der Waals surface area contributed by atoms with Gasteiger partial charge in [0, 0.05) is 19.3 Å². The zero-order valence-electron chi connectivity index (χ0n) is 17.9. The number of carbonyl (C=O) groups excluding carboxylic acids is 2. The number of fused-ring (bicyclic) bond motifs is 1. The monoisotopic (exact) mass is 437 g/mol. The molecule has 3 heterocycles. The molecule has 1 aliphatic rings. The van der Waals surface area contributed by atoms with Gasteiger partial charge in [-0.3, -0.25) is 14.0 Å². The number of ketones is 1. The van der Waals surface area contributed by atoms with E-state index in [1.54, 1.807) is 12.3 Å². The summed E-state index contributed by atoms with van der Waals surface area (Å²) in [5.41, 5.74) is 0.950. The van der Waals surface area contributed by atoms with Crippen LogP contribution in [0.5, 0.6) is 5.75 Å². The molecule has 0 saturated carbocycles. The predicted octanol–water partition coefficient (Wildman–Crippen LogP) is 2.10. The van der Waals surface area contributed by atoms with Crippen LogP contribution in [0.1, 0.15) is 33.3 Å². The zero-order valence-corrected chi connectivity index (χ0v) is 17.9. The molecule has 3 aromatic rings. The minimum atomic E-state index is -0.820. The van der Waals surface area contributed by atoms with Gasteiger partial charge in [0.15, 0.2) is 17.1 Å². The number of ether oxygens (including phenoxy) is 3. The molecule has 0 atom stereocenters. The second-order valence-corrected chi connectivity index (χ2v) is 7.32. The van der Waals surface area contributed by atoms with Gasteiger partial charge in [0.05, 0.1) is 31.6 Å². The van der Waals surface area contributed by atoms with E-state index in [1.807, 2.05) is 35.2 Å². The highest BCUT2D eigenvalue weighted by Gasteiger charge is 2.25. The number of benzene rings is 1. The SMILES string of the molecule is COC(=O)c1nc2c(C(C)=O)cc(N3CCOCC3)cn2c(=O)c1OCc1ccccc1. The summed E-state index contributed by atoms with van der Waals surface area (Å²) in [6.07, 6.45) is 1.61. The van der Waals surface area contributed by atoms with E-state index in [-0.39, 0.29) is 35.0 Å². The van der Waals surface area contributed by atoms with Crippen molar-refractivity contribution in [1.29, 1.82) is 0 Å². The quantitative estimate of drug-likeness (QED) is 0.427. The number of nitrogens with zero attached hydrogens (tertiary/aromatic N) is 3. The molecule has 0 N–H and O–H groups in total. The first-order chi connectivity index (χ1) is 15.5. The summed E-state index contributed by atoms with van der Waals surface area (Å²) in [4.78, 5) is 44.6. The van der Waals surface area contributed by atoms with Crippen LogP contribution in [0.25, 0.3) is 5.65 Å². The van der Waals surface area contributed by atoms with Gasteiger partial charge in [-0.2, -0.15) is 0 Å². The molecule has 0 spiro atoms. The third kappa shape index (κ3) is 4.19. The molecule has 0 amide bonds. The lowest BCUT2D eigenvalue weighted by atomic mass is 10.1. The van der Waals surface area contributed by atoms with Crippen molar-refractivity contribution in [1.82, 2.24) is 9.38 Å². The van der Waals surface area contributed by atoms with Crippen molar-refractivity contribution in [3.63, 3.8) is 0 Å². The maximum Gasteiger partial charge on any atom is 0.360 e. The van der Waals surface area contributed by atoms with Crippen molar-refractivity contribution < 1.29 is 23.8 Å². The molecule has 9 heteroatoms. The van der Waals surface area contributed by atoms with Crippen LogP contribution in [-0.4, -0.2) is 54.6 Å². The fraction of sp³-hybridized carbons (Fsp3) is 0.304. The lowest BCUT2D eigenvalue weighted by Crippen LogP contribution is -2.37. The van der Waals surface area contributed by atoms with Gasteiger partial charge in [-0.25, -0.2) is 9.78 Å². The van der Waals surface area contributed by atoms with Crippen molar-refractivity contribution in [2.24, 2.45) is 0 Å². The van der Waals surface area contributed by atoms with Crippen LogP contribution in [0.3, 0.4) is 0 Å².